The lowest BCUT2D eigenvalue weighted by Gasteiger charge is -2.20. The summed E-state index contributed by atoms with van der Waals surface area (Å²) in [7, 11) is 0.481. The third-order valence-electron chi connectivity index (χ3n) is 4.88. The summed E-state index contributed by atoms with van der Waals surface area (Å²) in [4.78, 5) is 25.3. The normalized spacial score (nSPS) is 15.6. The van der Waals surface area contributed by atoms with E-state index in [1.54, 1.807) is 24.3 Å². The molecule has 10 nitrogen and oxygen atoms in total. The van der Waals surface area contributed by atoms with Crippen molar-refractivity contribution in [3.8, 4) is 17.2 Å². The Kier molecular flexibility index (Phi) is 6.78. The number of fused-ring (bicyclic) bond motifs is 1. The van der Waals surface area contributed by atoms with Gasteiger partial charge in [-0.15, -0.1) is 0 Å². The first-order chi connectivity index (χ1) is 15.2. The van der Waals surface area contributed by atoms with Gasteiger partial charge in [-0.1, -0.05) is 12.1 Å². The van der Waals surface area contributed by atoms with Gasteiger partial charge in [-0.25, -0.2) is 13.2 Å². The van der Waals surface area contributed by atoms with Crippen LogP contribution in [0.4, 0.5) is 11.4 Å². The van der Waals surface area contributed by atoms with Crippen molar-refractivity contribution in [2.75, 3.05) is 43.8 Å². The molecule has 32 heavy (non-hydrogen) atoms. The van der Waals surface area contributed by atoms with Crippen LogP contribution < -0.4 is 23.8 Å². The summed E-state index contributed by atoms with van der Waals surface area (Å²) in [5.41, 5.74) is 0.553. The summed E-state index contributed by atoms with van der Waals surface area (Å²) in [5.74, 6) is -0.402. The maximum absolute atomic E-state index is 13.1. The van der Waals surface area contributed by atoms with Crippen molar-refractivity contribution in [3.05, 3.63) is 42.0 Å². The molecular formula is C21H24N2O8S. The molecular weight excluding hydrogens is 440 g/mol. The number of benzene rings is 2. The number of hydrogen-bond donors (Lipinski definition) is 1. The predicted octanol–water partition coefficient (Wildman–Crippen LogP) is 2.05. The molecule has 0 aromatic heterocycles. The van der Waals surface area contributed by atoms with Crippen molar-refractivity contribution in [2.24, 2.45) is 0 Å². The van der Waals surface area contributed by atoms with Crippen LogP contribution in [0.2, 0.25) is 0 Å². The Morgan fingerprint density at radius 1 is 1.09 bits per heavy atom. The number of sulfonamides is 1. The molecule has 2 aromatic rings. The molecule has 1 heterocycles. The highest BCUT2D eigenvalue weighted by Crippen LogP contribution is 2.36. The molecule has 0 saturated heterocycles. The minimum Gasteiger partial charge on any atom is -0.493 e. The fourth-order valence-electron chi connectivity index (χ4n) is 3.33. The average molecular weight is 464 g/mol. The minimum atomic E-state index is -3.58. The summed E-state index contributed by atoms with van der Waals surface area (Å²) in [6, 6.07) is 9.41. The van der Waals surface area contributed by atoms with Crippen LogP contribution in [0.3, 0.4) is 0 Å². The lowest BCUT2D eigenvalue weighted by molar-refractivity contribution is -0.122. The second kappa shape index (κ2) is 9.35. The Balaban J connectivity index is 1.93. The van der Waals surface area contributed by atoms with Crippen LogP contribution in [0.25, 0.3) is 0 Å². The van der Waals surface area contributed by atoms with Gasteiger partial charge < -0.3 is 24.3 Å². The molecule has 1 aliphatic rings. The molecule has 0 bridgehead atoms. The highest BCUT2D eigenvalue weighted by molar-refractivity contribution is 7.92. The zero-order valence-electron chi connectivity index (χ0n) is 18.1. The second-order valence-corrected chi connectivity index (χ2v) is 8.84. The number of para-hydroxylation sites is 2. The summed E-state index contributed by atoms with van der Waals surface area (Å²) in [6.07, 6.45) is 0.173. The van der Waals surface area contributed by atoms with Crippen LogP contribution in [0, 0.1) is 0 Å². The largest absolute Gasteiger partial charge is 0.493 e. The zero-order chi connectivity index (χ0) is 23.5. The maximum atomic E-state index is 13.1. The summed E-state index contributed by atoms with van der Waals surface area (Å²) in [6.45, 7) is 0.0454. The van der Waals surface area contributed by atoms with Gasteiger partial charge in [0.15, 0.2) is 17.6 Å². The first kappa shape index (κ1) is 23.2. The van der Waals surface area contributed by atoms with Crippen molar-refractivity contribution in [1.29, 1.82) is 0 Å². The van der Waals surface area contributed by atoms with E-state index in [4.69, 9.17) is 18.9 Å². The Hall–Kier alpha value is -3.47. The number of ether oxygens (including phenoxy) is 4. The number of amides is 1. The van der Waals surface area contributed by atoms with E-state index >= 15 is 0 Å². The number of carbonyl (C=O) groups is 2. The average Bonchev–Trinajstić information content (AvgIpc) is 2.98. The number of carbonyl (C=O) groups excluding carboxylic acids is 2. The third-order valence-corrected chi connectivity index (χ3v) is 6.06. The van der Waals surface area contributed by atoms with Crippen molar-refractivity contribution in [2.45, 2.75) is 12.5 Å². The smallest absolute Gasteiger partial charge is 0.340 e. The van der Waals surface area contributed by atoms with Gasteiger partial charge in [0.25, 0.3) is 5.91 Å². The Bertz CT molecular complexity index is 1130. The van der Waals surface area contributed by atoms with Gasteiger partial charge in [-0.05, 0) is 12.1 Å². The van der Waals surface area contributed by atoms with Crippen molar-refractivity contribution >= 4 is 33.3 Å². The molecule has 0 fully saturated rings. The molecule has 172 valence electrons. The number of nitrogens with zero attached hydrogens (tertiary/aromatic N) is 1. The molecule has 2 aromatic carbocycles. The Labute approximate surface area is 186 Å². The first-order valence-electron chi connectivity index (χ1n) is 9.58. The molecule has 1 N–H and O–H groups in total. The summed E-state index contributed by atoms with van der Waals surface area (Å²) >= 11 is 0. The standard InChI is InChI=1S/C21H24N2O8S/c1-28-18-11-13(21(25)30-3)14(12-19(18)29-2)22-20(24)17-9-10-23(32(4,26)27)15-7-5-6-8-16(15)31-17/h5-8,11-12,17H,9-10H2,1-4H3,(H,22,24)/t17-/m0/s1. The molecule has 1 aliphatic heterocycles. The number of rotatable bonds is 6. The molecule has 0 spiro atoms. The van der Waals surface area contributed by atoms with E-state index < -0.39 is 28.0 Å². The van der Waals surface area contributed by atoms with Crippen LogP contribution in [-0.2, 0) is 19.6 Å². The van der Waals surface area contributed by atoms with Crippen LogP contribution in [0.5, 0.6) is 17.2 Å². The van der Waals surface area contributed by atoms with Crippen LogP contribution in [0.1, 0.15) is 16.8 Å². The third kappa shape index (κ3) is 4.72. The van der Waals surface area contributed by atoms with E-state index in [2.05, 4.69) is 5.32 Å². The van der Waals surface area contributed by atoms with Crippen LogP contribution in [-0.4, -0.2) is 60.5 Å². The number of hydrogen-bond acceptors (Lipinski definition) is 8. The molecule has 0 radical (unpaired) electrons. The Morgan fingerprint density at radius 3 is 2.38 bits per heavy atom. The highest BCUT2D eigenvalue weighted by atomic mass is 32.2. The molecule has 0 saturated carbocycles. The summed E-state index contributed by atoms with van der Waals surface area (Å²) in [5, 5.41) is 2.67. The van der Waals surface area contributed by atoms with Crippen LogP contribution >= 0.6 is 0 Å². The van der Waals surface area contributed by atoms with Crippen molar-refractivity contribution in [1.82, 2.24) is 0 Å². The van der Waals surface area contributed by atoms with E-state index in [0.29, 0.717) is 11.4 Å². The van der Waals surface area contributed by atoms with E-state index in [1.165, 1.54) is 37.8 Å². The van der Waals surface area contributed by atoms with Gasteiger partial charge in [0.1, 0.15) is 5.75 Å². The molecule has 0 unspecified atom stereocenters. The number of anilines is 2. The molecule has 1 amide bonds. The lowest BCUT2D eigenvalue weighted by atomic mass is 10.1. The van der Waals surface area contributed by atoms with E-state index in [9.17, 15) is 18.0 Å². The van der Waals surface area contributed by atoms with Gasteiger partial charge >= 0.3 is 5.97 Å². The van der Waals surface area contributed by atoms with E-state index in [1.807, 2.05) is 0 Å². The minimum absolute atomic E-state index is 0.0454. The van der Waals surface area contributed by atoms with Gasteiger partial charge in [0.05, 0.1) is 44.5 Å². The molecule has 1 atom stereocenters. The predicted molar refractivity (Wildman–Crippen MR) is 117 cm³/mol. The molecule has 0 aliphatic carbocycles. The lowest BCUT2D eigenvalue weighted by Crippen LogP contribution is -2.36. The topological polar surface area (TPSA) is 120 Å². The number of esters is 1. The van der Waals surface area contributed by atoms with Gasteiger partial charge in [-0.2, -0.15) is 0 Å². The quantitative estimate of drug-likeness (QED) is 0.645. The zero-order valence-corrected chi connectivity index (χ0v) is 18.9. The first-order valence-corrected chi connectivity index (χ1v) is 11.4. The molecule has 3 rings (SSSR count). The van der Waals surface area contributed by atoms with Crippen molar-refractivity contribution < 1.29 is 37.0 Å². The Morgan fingerprint density at radius 2 is 1.75 bits per heavy atom. The number of methoxy groups -OCH3 is 3. The van der Waals surface area contributed by atoms with E-state index in [0.717, 1.165) is 6.26 Å². The van der Waals surface area contributed by atoms with Crippen LogP contribution in [0.15, 0.2) is 36.4 Å². The number of nitrogens with one attached hydrogen (secondary N) is 1. The van der Waals surface area contributed by atoms with Gasteiger partial charge in [0.2, 0.25) is 10.0 Å². The van der Waals surface area contributed by atoms with Crippen molar-refractivity contribution in [3.63, 3.8) is 0 Å². The molecule has 11 heteroatoms. The fourth-order valence-corrected chi connectivity index (χ4v) is 4.28. The van der Waals surface area contributed by atoms with Gasteiger partial charge in [0, 0.05) is 25.1 Å². The second-order valence-electron chi connectivity index (χ2n) is 6.93. The maximum Gasteiger partial charge on any atom is 0.340 e. The van der Waals surface area contributed by atoms with E-state index in [-0.39, 0.29) is 35.7 Å². The van der Waals surface area contributed by atoms with Gasteiger partial charge in [-0.3, -0.25) is 9.10 Å². The fraction of sp³-hybridized carbons (Fsp3) is 0.333. The monoisotopic (exact) mass is 464 g/mol. The highest BCUT2D eigenvalue weighted by Gasteiger charge is 2.32. The summed E-state index contributed by atoms with van der Waals surface area (Å²) < 4.78 is 46.8. The SMILES string of the molecule is COC(=O)c1cc(OC)c(OC)cc1NC(=O)[C@@H]1CCN(S(C)(=O)=O)c2ccccc2O1.